The van der Waals surface area contributed by atoms with E-state index in [1.54, 1.807) is 40.1 Å². The van der Waals surface area contributed by atoms with Crippen LogP contribution in [0, 0.1) is 17.1 Å². The van der Waals surface area contributed by atoms with Gasteiger partial charge in [-0.2, -0.15) is 5.26 Å². The zero-order chi connectivity index (χ0) is 22.2. The van der Waals surface area contributed by atoms with Gasteiger partial charge in [0, 0.05) is 24.9 Å². The summed E-state index contributed by atoms with van der Waals surface area (Å²) in [6.07, 6.45) is 0.687. The van der Waals surface area contributed by atoms with Crippen LogP contribution in [0.4, 0.5) is 10.1 Å². The molecule has 8 heteroatoms. The fourth-order valence-electron chi connectivity index (χ4n) is 4.38. The Morgan fingerprint density at radius 3 is 2.68 bits per heavy atom. The first-order valence-corrected chi connectivity index (χ1v) is 10.0. The Hall–Kier alpha value is -3.73. The Bertz CT molecular complexity index is 1110. The molecular formula is C23H21FN4O3. The average Bonchev–Trinajstić information content (AvgIpc) is 3.07. The predicted molar refractivity (Wildman–Crippen MR) is 110 cm³/mol. The predicted octanol–water partition coefficient (Wildman–Crippen LogP) is 2.90. The lowest BCUT2D eigenvalue weighted by Gasteiger charge is -2.48. The molecule has 4 rings (SSSR count). The van der Waals surface area contributed by atoms with E-state index in [9.17, 15) is 24.0 Å². The number of anilines is 1. The summed E-state index contributed by atoms with van der Waals surface area (Å²) in [6.45, 7) is 1.88. The number of fused-ring (bicyclic) bond motifs is 3. The van der Waals surface area contributed by atoms with Crippen LogP contribution >= 0.6 is 0 Å². The molecular weight excluding hydrogens is 399 g/mol. The molecule has 2 aliphatic rings. The van der Waals surface area contributed by atoms with Gasteiger partial charge in [0.25, 0.3) is 5.91 Å². The summed E-state index contributed by atoms with van der Waals surface area (Å²) >= 11 is 0. The largest absolute Gasteiger partial charge is 0.336 e. The summed E-state index contributed by atoms with van der Waals surface area (Å²) in [4.78, 5) is 41.5. The summed E-state index contributed by atoms with van der Waals surface area (Å²) < 4.78 is 14.0. The van der Waals surface area contributed by atoms with Gasteiger partial charge in [-0.3, -0.25) is 19.3 Å². The highest BCUT2D eigenvalue weighted by Gasteiger charge is 2.52. The third-order valence-electron chi connectivity index (χ3n) is 5.96. The van der Waals surface area contributed by atoms with Gasteiger partial charge >= 0.3 is 0 Å². The molecule has 2 aromatic rings. The van der Waals surface area contributed by atoms with E-state index in [1.807, 2.05) is 13.0 Å². The van der Waals surface area contributed by atoms with Crippen LogP contribution in [0.15, 0.2) is 48.5 Å². The third kappa shape index (κ3) is 3.42. The number of hydrogen-bond donors (Lipinski definition) is 1. The van der Waals surface area contributed by atoms with Crippen LogP contribution < -0.4 is 10.2 Å². The van der Waals surface area contributed by atoms with E-state index in [1.165, 1.54) is 18.2 Å². The maximum atomic E-state index is 14.0. The van der Waals surface area contributed by atoms with Crippen molar-refractivity contribution in [3.63, 3.8) is 0 Å². The molecule has 0 radical (unpaired) electrons. The first kappa shape index (κ1) is 20.5. The molecule has 31 heavy (non-hydrogen) atoms. The van der Waals surface area contributed by atoms with Crippen LogP contribution in [-0.4, -0.2) is 34.8 Å². The van der Waals surface area contributed by atoms with Gasteiger partial charge in [-0.05, 0) is 31.5 Å². The number of nitrogens with zero attached hydrogens (tertiary/aromatic N) is 3. The minimum absolute atomic E-state index is 0.0642. The molecule has 2 heterocycles. The smallest absolute Gasteiger partial charge is 0.257 e. The summed E-state index contributed by atoms with van der Waals surface area (Å²) in [5, 5.41) is 11.9. The second-order valence-corrected chi connectivity index (χ2v) is 7.82. The lowest BCUT2D eigenvalue weighted by molar-refractivity contribution is -0.121. The third-order valence-corrected chi connectivity index (χ3v) is 5.96. The van der Waals surface area contributed by atoms with E-state index in [0.717, 1.165) is 0 Å². The Kier molecular flexibility index (Phi) is 5.19. The Labute approximate surface area is 179 Å². The van der Waals surface area contributed by atoms with Gasteiger partial charge in [0.1, 0.15) is 17.5 Å². The van der Waals surface area contributed by atoms with E-state index >= 15 is 0 Å². The molecule has 2 aromatic carbocycles. The molecule has 0 saturated carbocycles. The van der Waals surface area contributed by atoms with E-state index in [-0.39, 0.29) is 30.3 Å². The van der Waals surface area contributed by atoms with Gasteiger partial charge in [-0.25, -0.2) is 4.39 Å². The zero-order valence-electron chi connectivity index (χ0n) is 17.0. The van der Waals surface area contributed by atoms with Gasteiger partial charge in [-0.1, -0.05) is 30.3 Å². The number of benzene rings is 2. The molecule has 0 aliphatic carbocycles. The molecule has 0 aromatic heterocycles. The second-order valence-electron chi connectivity index (χ2n) is 7.82. The standard InChI is InChI=1S/C23H21FN4O3/c1-23-12-10-21(30)28(23)19-9-5-3-7-16(19)22(31)27(23)13-11-20(29)26-18(14-25)15-6-2-4-8-17(15)24/h2-9,18H,10-13H2,1H3,(H,26,29). The monoisotopic (exact) mass is 420 g/mol. The second kappa shape index (κ2) is 7.84. The molecule has 2 unspecified atom stereocenters. The van der Waals surface area contributed by atoms with Crippen molar-refractivity contribution in [3.8, 4) is 6.07 Å². The molecule has 1 fully saturated rings. The summed E-state index contributed by atoms with van der Waals surface area (Å²) in [5.74, 6) is -1.38. The Morgan fingerprint density at radius 2 is 1.94 bits per heavy atom. The topological polar surface area (TPSA) is 93.5 Å². The van der Waals surface area contributed by atoms with Gasteiger partial charge < -0.3 is 10.2 Å². The number of hydrogen-bond acceptors (Lipinski definition) is 4. The van der Waals surface area contributed by atoms with E-state index in [4.69, 9.17) is 0 Å². The fraction of sp³-hybridized carbons (Fsp3) is 0.304. The highest BCUT2D eigenvalue weighted by atomic mass is 19.1. The van der Waals surface area contributed by atoms with Gasteiger partial charge in [0.2, 0.25) is 11.8 Å². The van der Waals surface area contributed by atoms with Crippen molar-refractivity contribution in [3.05, 3.63) is 65.5 Å². The highest BCUT2D eigenvalue weighted by Crippen LogP contribution is 2.43. The quantitative estimate of drug-likeness (QED) is 0.805. The van der Waals surface area contributed by atoms with Crippen molar-refractivity contribution in [1.82, 2.24) is 10.2 Å². The van der Waals surface area contributed by atoms with E-state index in [0.29, 0.717) is 24.1 Å². The first-order valence-electron chi connectivity index (χ1n) is 10.0. The van der Waals surface area contributed by atoms with Crippen LogP contribution in [0.2, 0.25) is 0 Å². The molecule has 7 nitrogen and oxygen atoms in total. The van der Waals surface area contributed by atoms with Crippen LogP contribution in [0.1, 0.15) is 48.1 Å². The number of rotatable bonds is 5. The van der Waals surface area contributed by atoms with Crippen LogP contribution in [-0.2, 0) is 9.59 Å². The molecule has 1 saturated heterocycles. The van der Waals surface area contributed by atoms with Gasteiger partial charge in [-0.15, -0.1) is 0 Å². The number of carbonyl (C=O) groups excluding carboxylic acids is 3. The Balaban J connectivity index is 1.52. The number of amides is 3. The summed E-state index contributed by atoms with van der Waals surface area (Å²) in [7, 11) is 0. The van der Waals surface area contributed by atoms with Crippen molar-refractivity contribution >= 4 is 23.4 Å². The van der Waals surface area contributed by atoms with Crippen molar-refractivity contribution in [2.45, 2.75) is 37.9 Å². The minimum Gasteiger partial charge on any atom is -0.336 e. The average molecular weight is 420 g/mol. The number of para-hydroxylation sites is 1. The molecule has 158 valence electrons. The first-order chi connectivity index (χ1) is 14.9. The number of nitriles is 1. The Morgan fingerprint density at radius 1 is 1.23 bits per heavy atom. The van der Waals surface area contributed by atoms with E-state index in [2.05, 4.69) is 5.32 Å². The van der Waals surface area contributed by atoms with Crippen molar-refractivity contribution in [1.29, 1.82) is 5.26 Å². The van der Waals surface area contributed by atoms with Crippen LogP contribution in [0.25, 0.3) is 0 Å². The fourth-order valence-corrected chi connectivity index (χ4v) is 4.38. The van der Waals surface area contributed by atoms with E-state index < -0.39 is 23.4 Å². The lowest BCUT2D eigenvalue weighted by atomic mass is 9.98. The molecule has 0 spiro atoms. The maximum absolute atomic E-state index is 14.0. The molecule has 0 bridgehead atoms. The summed E-state index contributed by atoms with van der Waals surface area (Å²) in [6, 6.07) is 13.5. The van der Waals surface area contributed by atoms with Crippen molar-refractivity contribution in [2.75, 3.05) is 11.4 Å². The van der Waals surface area contributed by atoms with Crippen LogP contribution in [0.3, 0.4) is 0 Å². The molecule has 3 amide bonds. The normalized spacial score (nSPS) is 20.7. The minimum atomic E-state index is -1.13. The van der Waals surface area contributed by atoms with Crippen molar-refractivity contribution < 1.29 is 18.8 Å². The van der Waals surface area contributed by atoms with Gasteiger partial charge in [0.15, 0.2) is 0 Å². The SMILES string of the molecule is CC12CCC(=O)N1c1ccccc1C(=O)N2CCC(=O)NC(C#N)c1ccccc1F. The molecule has 2 atom stereocenters. The number of halogens is 1. The zero-order valence-corrected chi connectivity index (χ0v) is 17.0. The van der Waals surface area contributed by atoms with Gasteiger partial charge in [0.05, 0.1) is 17.3 Å². The maximum Gasteiger partial charge on any atom is 0.257 e. The number of nitrogens with one attached hydrogen (secondary N) is 1. The molecule has 1 N–H and O–H groups in total. The number of carbonyl (C=O) groups is 3. The van der Waals surface area contributed by atoms with Crippen molar-refractivity contribution in [2.24, 2.45) is 0 Å². The molecule has 2 aliphatic heterocycles. The highest BCUT2D eigenvalue weighted by molar-refractivity contribution is 6.10. The van der Waals surface area contributed by atoms with Crippen LogP contribution in [0.5, 0.6) is 0 Å². The summed E-state index contributed by atoms with van der Waals surface area (Å²) in [5.41, 5.74) is 0.225. The lowest BCUT2D eigenvalue weighted by Crippen LogP contribution is -2.62.